The topological polar surface area (TPSA) is 24.7 Å². The third-order valence-corrected chi connectivity index (χ3v) is 1.20. The van der Waals surface area contributed by atoms with Crippen LogP contribution in [0.2, 0.25) is 0 Å². The van der Waals surface area contributed by atoms with Crippen LogP contribution < -0.4 is 0 Å². The highest BCUT2D eigenvalue weighted by Crippen LogP contribution is 1.96. The Labute approximate surface area is 68.8 Å². The maximum absolute atomic E-state index is 4.14. The molecule has 0 saturated heterocycles. The van der Waals surface area contributed by atoms with Crippen LogP contribution in [0.5, 0.6) is 0 Å². The van der Waals surface area contributed by atoms with Crippen LogP contribution >= 0.6 is 0 Å². The maximum atomic E-state index is 4.14. The number of aliphatic imine (C=N–C) groups is 2. The molecule has 0 N–H and O–H groups in total. The van der Waals surface area contributed by atoms with E-state index in [-0.39, 0.29) is 0 Å². The van der Waals surface area contributed by atoms with Crippen molar-refractivity contribution in [3.05, 3.63) is 12.3 Å². The summed E-state index contributed by atoms with van der Waals surface area (Å²) in [4.78, 5) is 7.98. The minimum absolute atomic E-state index is 0.761. The molecule has 0 aromatic rings. The summed E-state index contributed by atoms with van der Waals surface area (Å²) in [7, 11) is 1.75. The average molecular weight is 152 g/mol. The minimum Gasteiger partial charge on any atom is -0.300 e. The van der Waals surface area contributed by atoms with Crippen molar-refractivity contribution in [2.75, 3.05) is 7.05 Å². The van der Waals surface area contributed by atoms with Crippen molar-refractivity contribution < 1.29 is 0 Å². The molecular formula is C9H16N2. The Kier molecular flexibility index (Phi) is 6.59. The molecule has 0 spiro atoms. The molecule has 0 aliphatic carbocycles. The molecule has 0 aliphatic rings. The van der Waals surface area contributed by atoms with E-state index in [0.29, 0.717) is 0 Å². The lowest BCUT2D eigenvalue weighted by Crippen LogP contribution is -1.80. The molecule has 0 aromatic heterocycles. The molecule has 0 radical (unpaired) electrons. The van der Waals surface area contributed by atoms with Gasteiger partial charge in [0.05, 0.1) is 0 Å². The molecule has 11 heavy (non-hydrogen) atoms. The maximum Gasteiger partial charge on any atom is 0.0381 e. The van der Waals surface area contributed by atoms with Gasteiger partial charge < -0.3 is 4.99 Å². The monoisotopic (exact) mass is 152 g/mol. The Bertz CT molecular complexity index is 157. The van der Waals surface area contributed by atoms with E-state index in [0.717, 1.165) is 25.0 Å². The number of hydrogen-bond donors (Lipinski definition) is 0. The zero-order chi connectivity index (χ0) is 8.53. The fourth-order valence-electron chi connectivity index (χ4n) is 0.572. The highest BCUT2D eigenvalue weighted by atomic mass is 14.7. The zero-order valence-electron chi connectivity index (χ0n) is 7.38. The van der Waals surface area contributed by atoms with E-state index >= 15 is 0 Å². The van der Waals surface area contributed by atoms with Gasteiger partial charge in [0.15, 0.2) is 0 Å². The molecule has 0 bridgehead atoms. The summed E-state index contributed by atoms with van der Waals surface area (Å²) in [6.45, 7) is 5.90. The number of unbranched alkanes of at least 4 members (excludes halogenated alkanes) is 1. The average Bonchev–Trinajstić information content (AvgIpc) is 2.01. The third-order valence-electron chi connectivity index (χ3n) is 1.20. The first kappa shape index (κ1) is 10.1. The van der Waals surface area contributed by atoms with Gasteiger partial charge in [-0.05, 0) is 6.42 Å². The summed E-state index contributed by atoms with van der Waals surface area (Å²) in [5.74, 6) is 0. The Morgan fingerprint density at radius 3 is 2.73 bits per heavy atom. The summed E-state index contributed by atoms with van der Waals surface area (Å²) in [6, 6.07) is 0. The lowest BCUT2D eigenvalue weighted by Gasteiger charge is -1.91. The lowest BCUT2D eigenvalue weighted by molar-refractivity contribution is 1.00. The van der Waals surface area contributed by atoms with Gasteiger partial charge >= 0.3 is 0 Å². The van der Waals surface area contributed by atoms with E-state index in [1.807, 2.05) is 12.4 Å². The first-order valence-corrected chi connectivity index (χ1v) is 3.92. The van der Waals surface area contributed by atoms with Crippen LogP contribution in [-0.2, 0) is 0 Å². The van der Waals surface area contributed by atoms with Crippen LogP contribution in [0.4, 0.5) is 0 Å². The van der Waals surface area contributed by atoms with Gasteiger partial charge in [0.1, 0.15) is 0 Å². The Morgan fingerprint density at radius 1 is 1.45 bits per heavy atom. The van der Waals surface area contributed by atoms with Crippen LogP contribution in [0.15, 0.2) is 22.3 Å². The Balaban J connectivity index is 3.51. The van der Waals surface area contributed by atoms with E-state index in [1.165, 1.54) is 0 Å². The molecule has 0 rings (SSSR count). The van der Waals surface area contributed by atoms with Crippen LogP contribution in [0.3, 0.4) is 0 Å². The van der Waals surface area contributed by atoms with Crippen molar-refractivity contribution in [2.24, 2.45) is 9.98 Å². The van der Waals surface area contributed by atoms with Gasteiger partial charge in [0.25, 0.3) is 0 Å². The van der Waals surface area contributed by atoms with Crippen LogP contribution in [0.1, 0.15) is 26.2 Å². The molecule has 62 valence electrons. The van der Waals surface area contributed by atoms with E-state index in [2.05, 4.69) is 23.5 Å². The van der Waals surface area contributed by atoms with Gasteiger partial charge in [0.2, 0.25) is 0 Å². The summed E-state index contributed by atoms with van der Waals surface area (Å²) >= 11 is 0. The predicted octanol–water partition coefficient (Wildman–Crippen LogP) is 2.46. The summed E-state index contributed by atoms with van der Waals surface area (Å²) in [6.07, 6.45) is 6.65. The van der Waals surface area contributed by atoms with E-state index in [9.17, 15) is 0 Å². The van der Waals surface area contributed by atoms with Gasteiger partial charge in [-0.2, -0.15) is 0 Å². The SMILES string of the molecule is C=C(C/C=N/C)/N=C\CCC. The van der Waals surface area contributed by atoms with Gasteiger partial charge in [-0.3, -0.25) is 4.99 Å². The second-order valence-corrected chi connectivity index (χ2v) is 2.31. The number of allylic oxidation sites excluding steroid dienone is 1. The standard InChI is InChI=1S/C9H16N2/c1-4-5-7-11-9(2)6-8-10-3/h7-8H,2,4-6H2,1,3H3/b10-8+,11-7-. The molecule has 0 heterocycles. The van der Waals surface area contributed by atoms with E-state index in [1.54, 1.807) is 7.05 Å². The fourth-order valence-corrected chi connectivity index (χ4v) is 0.572. The summed E-state index contributed by atoms with van der Waals surface area (Å²) < 4.78 is 0. The van der Waals surface area contributed by atoms with E-state index < -0.39 is 0 Å². The van der Waals surface area contributed by atoms with Gasteiger partial charge in [-0.1, -0.05) is 19.9 Å². The zero-order valence-corrected chi connectivity index (χ0v) is 7.38. The van der Waals surface area contributed by atoms with Crippen molar-refractivity contribution in [1.82, 2.24) is 0 Å². The predicted molar refractivity (Wildman–Crippen MR) is 51.6 cm³/mol. The van der Waals surface area contributed by atoms with Gasteiger partial charge in [0, 0.05) is 31.6 Å². The van der Waals surface area contributed by atoms with Crippen molar-refractivity contribution in [3.63, 3.8) is 0 Å². The summed E-state index contributed by atoms with van der Waals surface area (Å²) in [5.41, 5.74) is 0.879. The van der Waals surface area contributed by atoms with Gasteiger partial charge in [-0.15, -0.1) is 0 Å². The lowest BCUT2D eigenvalue weighted by atomic mass is 10.3. The quantitative estimate of drug-likeness (QED) is 0.541. The molecule has 0 atom stereocenters. The molecular weight excluding hydrogens is 136 g/mol. The summed E-state index contributed by atoms with van der Waals surface area (Å²) in [5, 5.41) is 0. The number of hydrogen-bond acceptors (Lipinski definition) is 2. The molecule has 0 saturated carbocycles. The largest absolute Gasteiger partial charge is 0.300 e. The van der Waals surface area contributed by atoms with Crippen LogP contribution in [-0.4, -0.2) is 19.5 Å². The van der Waals surface area contributed by atoms with Crippen molar-refractivity contribution in [3.8, 4) is 0 Å². The third kappa shape index (κ3) is 6.97. The first-order chi connectivity index (χ1) is 5.31. The second kappa shape index (κ2) is 7.19. The van der Waals surface area contributed by atoms with Crippen LogP contribution in [0.25, 0.3) is 0 Å². The highest BCUT2D eigenvalue weighted by molar-refractivity contribution is 5.63. The van der Waals surface area contributed by atoms with Crippen molar-refractivity contribution >= 4 is 12.4 Å². The molecule has 0 amide bonds. The second-order valence-electron chi connectivity index (χ2n) is 2.31. The molecule has 0 unspecified atom stereocenters. The fraction of sp³-hybridized carbons (Fsp3) is 0.556. The van der Waals surface area contributed by atoms with E-state index in [4.69, 9.17) is 0 Å². The van der Waals surface area contributed by atoms with Gasteiger partial charge in [-0.25, -0.2) is 0 Å². The number of rotatable bonds is 5. The molecule has 2 heteroatoms. The highest BCUT2D eigenvalue weighted by Gasteiger charge is 1.83. The molecule has 2 nitrogen and oxygen atoms in total. The smallest absolute Gasteiger partial charge is 0.0381 e. The Morgan fingerprint density at radius 2 is 2.18 bits per heavy atom. The Hall–Kier alpha value is -0.920. The molecule has 0 fully saturated rings. The molecule has 0 aromatic carbocycles. The van der Waals surface area contributed by atoms with Crippen molar-refractivity contribution in [1.29, 1.82) is 0 Å². The number of nitrogens with zero attached hydrogens (tertiary/aromatic N) is 2. The minimum atomic E-state index is 0.761. The first-order valence-electron chi connectivity index (χ1n) is 3.92. The molecule has 0 aliphatic heterocycles. The van der Waals surface area contributed by atoms with Crippen LogP contribution in [0, 0.1) is 0 Å². The normalized spacial score (nSPS) is 11.5. The van der Waals surface area contributed by atoms with Crippen molar-refractivity contribution in [2.45, 2.75) is 26.2 Å².